The summed E-state index contributed by atoms with van der Waals surface area (Å²) in [6, 6.07) is 2.05. The molecule has 5 atom stereocenters. The van der Waals surface area contributed by atoms with E-state index in [2.05, 4.69) is 15.9 Å². The molecule has 3 aliphatic rings. The molecule has 17 heavy (non-hydrogen) atoms. The number of alkyl halides is 1. The molecular formula is C13H13BrCl2S. The average Bonchev–Trinajstić information content (AvgIpc) is 2.60. The average molecular weight is 352 g/mol. The highest BCUT2D eigenvalue weighted by Gasteiger charge is 2.66. The lowest BCUT2D eigenvalue weighted by Crippen LogP contribution is -2.02. The van der Waals surface area contributed by atoms with Crippen molar-refractivity contribution in [2.45, 2.75) is 24.6 Å². The molecule has 92 valence electrons. The van der Waals surface area contributed by atoms with Crippen molar-refractivity contribution >= 4 is 50.5 Å². The van der Waals surface area contributed by atoms with E-state index in [9.17, 15) is 0 Å². The molecule has 0 aromatic carbocycles. The lowest BCUT2D eigenvalue weighted by atomic mass is 10.00. The van der Waals surface area contributed by atoms with Crippen molar-refractivity contribution in [2.75, 3.05) is 0 Å². The minimum absolute atomic E-state index is 0.196. The van der Waals surface area contributed by atoms with Gasteiger partial charge in [0.15, 0.2) is 0 Å². The van der Waals surface area contributed by atoms with E-state index in [1.807, 2.05) is 6.07 Å². The maximum Gasteiger partial charge on any atom is 0.0887 e. The summed E-state index contributed by atoms with van der Waals surface area (Å²) in [5.41, 5.74) is 0. The monoisotopic (exact) mass is 350 g/mol. The Hall–Kier alpha value is 0.760. The number of hydrogen-bond acceptors (Lipinski definition) is 1. The van der Waals surface area contributed by atoms with E-state index >= 15 is 0 Å². The predicted molar refractivity (Wildman–Crippen MR) is 76.9 cm³/mol. The Morgan fingerprint density at radius 2 is 1.94 bits per heavy atom. The summed E-state index contributed by atoms with van der Waals surface area (Å²) < 4.78 is 1.02. The van der Waals surface area contributed by atoms with Crippen LogP contribution in [-0.4, -0.2) is 0 Å². The maximum atomic E-state index is 6.68. The van der Waals surface area contributed by atoms with Crippen LogP contribution in [0.2, 0.25) is 5.02 Å². The van der Waals surface area contributed by atoms with E-state index in [-0.39, 0.29) is 5.38 Å². The molecule has 0 nitrogen and oxygen atoms in total. The Bertz CT molecular complexity index is 436. The van der Waals surface area contributed by atoms with Crippen LogP contribution in [0.3, 0.4) is 0 Å². The van der Waals surface area contributed by atoms with Crippen molar-refractivity contribution in [3.8, 4) is 0 Å². The van der Waals surface area contributed by atoms with E-state index in [0.29, 0.717) is 0 Å². The summed E-state index contributed by atoms with van der Waals surface area (Å²) in [5.74, 6) is 4.61. The van der Waals surface area contributed by atoms with Gasteiger partial charge < -0.3 is 0 Å². The predicted octanol–water partition coefficient (Wildman–Crippen LogP) is 5.74. The molecule has 4 rings (SSSR count). The summed E-state index contributed by atoms with van der Waals surface area (Å²) in [4.78, 5) is 1.25. The van der Waals surface area contributed by atoms with E-state index < -0.39 is 0 Å². The van der Waals surface area contributed by atoms with Crippen LogP contribution in [0.1, 0.15) is 29.5 Å². The third-order valence-electron chi connectivity index (χ3n) is 5.07. The van der Waals surface area contributed by atoms with Crippen molar-refractivity contribution in [2.24, 2.45) is 29.6 Å². The first-order valence-corrected chi connectivity index (χ1v) is 8.68. The number of fused-ring (bicyclic) bond motifs is 5. The normalized spacial score (nSPS) is 43.8. The number of halogens is 3. The van der Waals surface area contributed by atoms with E-state index in [1.165, 1.54) is 24.1 Å². The number of hydrogen-bond donors (Lipinski definition) is 0. The molecule has 0 N–H and O–H groups in total. The molecule has 0 spiro atoms. The molecule has 2 bridgehead atoms. The van der Waals surface area contributed by atoms with Crippen LogP contribution in [0.15, 0.2) is 9.85 Å². The topological polar surface area (TPSA) is 0 Å². The van der Waals surface area contributed by atoms with Crippen LogP contribution in [0.25, 0.3) is 0 Å². The van der Waals surface area contributed by atoms with Crippen LogP contribution in [0.4, 0.5) is 0 Å². The second-order valence-electron chi connectivity index (χ2n) is 5.74. The zero-order valence-electron chi connectivity index (χ0n) is 9.20. The second kappa shape index (κ2) is 3.88. The fourth-order valence-electron chi connectivity index (χ4n) is 4.47. The fraction of sp³-hybridized carbons (Fsp3) is 0.692. The minimum atomic E-state index is 0.196. The quantitative estimate of drug-likeness (QED) is 0.596. The zero-order valence-corrected chi connectivity index (χ0v) is 13.1. The highest BCUT2D eigenvalue weighted by atomic mass is 79.9. The van der Waals surface area contributed by atoms with Crippen LogP contribution < -0.4 is 0 Å². The molecular weight excluding hydrogens is 339 g/mol. The van der Waals surface area contributed by atoms with Crippen molar-refractivity contribution < 1.29 is 0 Å². The van der Waals surface area contributed by atoms with Gasteiger partial charge in [-0.2, -0.15) is 0 Å². The second-order valence-corrected chi connectivity index (χ2v) is 9.02. The maximum absolute atomic E-state index is 6.68. The van der Waals surface area contributed by atoms with Crippen molar-refractivity contribution in [3.63, 3.8) is 0 Å². The molecule has 0 aliphatic heterocycles. The smallest absolute Gasteiger partial charge is 0.0887 e. The molecule has 5 unspecified atom stereocenters. The summed E-state index contributed by atoms with van der Waals surface area (Å²) in [7, 11) is 0. The van der Waals surface area contributed by atoms with Gasteiger partial charge in [0.2, 0.25) is 0 Å². The number of rotatable bonds is 2. The van der Waals surface area contributed by atoms with Crippen LogP contribution in [0.5, 0.6) is 0 Å². The van der Waals surface area contributed by atoms with Gasteiger partial charge in [0.05, 0.1) is 14.2 Å². The first-order chi connectivity index (χ1) is 8.16. The highest BCUT2D eigenvalue weighted by Crippen LogP contribution is 2.73. The van der Waals surface area contributed by atoms with E-state index in [4.69, 9.17) is 23.2 Å². The van der Waals surface area contributed by atoms with Crippen molar-refractivity contribution in [1.29, 1.82) is 0 Å². The van der Waals surface area contributed by atoms with E-state index in [1.54, 1.807) is 11.3 Å². The van der Waals surface area contributed by atoms with Crippen molar-refractivity contribution in [1.82, 2.24) is 0 Å². The largest absolute Gasteiger partial charge is 0.130 e. The van der Waals surface area contributed by atoms with Crippen LogP contribution in [-0.2, 0) is 0 Å². The third kappa shape index (κ3) is 1.60. The summed E-state index contributed by atoms with van der Waals surface area (Å²) >= 11 is 18.0. The van der Waals surface area contributed by atoms with Gasteiger partial charge in [-0.25, -0.2) is 0 Å². The van der Waals surface area contributed by atoms with Gasteiger partial charge in [0.1, 0.15) is 0 Å². The van der Waals surface area contributed by atoms with Gasteiger partial charge in [0.25, 0.3) is 0 Å². The first-order valence-electron chi connectivity index (χ1n) is 6.25. The van der Waals surface area contributed by atoms with Gasteiger partial charge in [-0.15, -0.1) is 22.9 Å². The molecule has 0 amide bonds. The van der Waals surface area contributed by atoms with Crippen molar-refractivity contribution in [3.05, 3.63) is 19.8 Å². The Balaban J connectivity index is 1.57. The molecule has 1 aromatic rings. The van der Waals surface area contributed by atoms with Gasteiger partial charge in [-0.05, 0) is 70.8 Å². The van der Waals surface area contributed by atoms with Gasteiger partial charge in [-0.1, -0.05) is 11.6 Å². The Labute approximate surface area is 124 Å². The Morgan fingerprint density at radius 1 is 1.29 bits per heavy atom. The molecule has 1 heterocycles. The Morgan fingerprint density at radius 3 is 2.47 bits per heavy atom. The van der Waals surface area contributed by atoms with Gasteiger partial charge in [-0.3, -0.25) is 0 Å². The zero-order chi connectivity index (χ0) is 11.7. The lowest BCUT2D eigenvalue weighted by molar-refractivity contribution is 0.456. The third-order valence-corrected chi connectivity index (χ3v) is 8.28. The standard InChI is InChI=1S/C13H13BrCl2S/c14-13-7(15)4-8(17-13)12(16)11-9-5-1-2-6(3-5)10(9)11/h4-6,9-12H,1-3H2. The minimum Gasteiger partial charge on any atom is -0.130 e. The summed E-state index contributed by atoms with van der Waals surface area (Å²) in [5, 5.41) is 1.01. The fourth-order valence-corrected chi connectivity index (χ4v) is 6.79. The molecule has 4 heteroatoms. The molecule has 1 aromatic heterocycles. The summed E-state index contributed by atoms with van der Waals surface area (Å²) in [6.07, 6.45) is 4.41. The Kier molecular flexibility index (Phi) is 2.64. The van der Waals surface area contributed by atoms with Crippen LogP contribution >= 0.6 is 50.5 Å². The van der Waals surface area contributed by atoms with Gasteiger partial charge >= 0.3 is 0 Å². The lowest BCUT2D eigenvalue weighted by Gasteiger charge is -2.12. The SMILES string of the molecule is Clc1cc(C(Cl)C2C3C4CCC(C4)C32)sc1Br. The highest BCUT2D eigenvalue weighted by molar-refractivity contribution is 9.11. The molecule has 3 saturated carbocycles. The van der Waals surface area contributed by atoms with Gasteiger partial charge in [0, 0.05) is 4.88 Å². The number of thiophene rings is 1. The molecule has 3 fully saturated rings. The molecule has 0 radical (unpaired) electrons. The van der Waals surface area contributed by atoms with E-state index in [0.717, 1.165) is 38.4 Å². The van der Waals surface area contributed by atoms with Crippen LogP contribution in [0, 0.1) is 29.6 Å². The molecule has 3 aliphatic carbocycles. The summed E-state index contributed by atoms with van der Waals surface area (Å²) in [6.45, 7) is 0. The first kappa shape index (κ1) is 11.6. The molecule has 0 saturated heterocycles.